The first kappa shape index (κ1) is 18.2. The predicted octanol–water partition coefficient (Wildman–Crippen LogP) is 5.29. The standard InChI is InChI=1S/C20H19ClO2S2/c21-14-19-11-12-20(24-19)25(22,23)15-18(17-9-5-2-6-10-17)13-16-7-3-1-4-8-16/h1-12,18H,13-15H2. The molecule has 2 nitrogen and oxygen atoms in total. The fourth-order valence-electron chi connectivity index (χ4n) is 2.84. The summed E-state index contributed by atoms with van der Waals surface area (Å²) in [6.45, 7) is 0. The molecule has 2 aromatic carbocycles. The van der Waals surface area contributed by atoms with Crippen molar-refractivity contribution in [3.8, 4) is 0 Å². The molecule has 0 aliphatic heterocycles. The van der Waals surface area contributed by atoms with Crippen LogP contribution >= 0.6 is 22.9 Å². The Morgan fingerprint density at radius 2 is 1.52 bits per heavy atom. The maximum atomic E-state index is 12.9. The van der Waals surface area contributed by atoms with Gasteiger partial charge in [-0.2, -0.15) is 0 Å². The smallest absolute Gasteiger partial charge is 0.188 e. The van der Waals surface area contributed by atoms with E-state index in [9.17, 15) is 8.42 Å². The van der Waals surface area contributed by atoms with Gasteiger partial charge in [-0.25, -0.2) is 8.42 Å². The van der Waals surface area contributed by atoms with Crippen LogP contribution in [0.3, 0.4) is 0 Å². The van der Waals surface area contributed by atoms with E-state index in [0.717, 1.165) is 16.0 Å². The van der Waals surface area contributed by atoms with Crippen molar-refractivity contribution in [2.75, 3.05) is 5.75 Å². The van der Waals surface area contributed by atoms with E-state index in [1.54, 1.807) is 12.1 Å². The molecule has 1 heterocycles. The molecule has 0 saturated heterocycles. The van der Waals surface area contributed by atoms with Crippen LogP contribution in [0, 0.1) is 0 Å². The van der Waals surface area contributed by atoms with Crippen molar-refractivity contribution >= 4 is 32.8 Å². The first-order valence-corrected chi connectivity index (χ1v) is 11.0. The SMILES string of the molecule is O=S(=O)(CC(Cc1ccccc1)c1ccccc1)c1ccc(CCl)s1. The summed E-state index contributed by atoms with van der Waals surface area (Å²) in [5.74, 6) is 0.343. The zero-order chi connectivity index (χ0) is 17.7. The summed E-state index contributed by atoms with van der Waals surface area (Å²) in [5, 5.41) is 0. The molecule has 1 unspecified atom stereocenters. The van der Waals surface area contributed by atoms with Crippen molar-refractivity contribution in [2.45, 2.75) is 22.4 Å². The lowest BCUT2D eigenvalue weighted by Crippen LogP contribution is -2.16. The summed E-state index contributed by atoms with van der Waals surface area (Å²) in [6, 6.07) is 23.3. The van der Waals surface area contributed by atoms with E-state index in [2.05, 4.69) is 0 Å². The largest absolute Gasteiger partial charge is 0.223 e. The summed E-state index contributed by atoms with van der Waals surface area (Å²) in [6.07, 6.45) is 0.692. The molecule has 1 atom stereocenters. The Bertz CT molecular complexity index is 903. The molecule has 0 bridgehead atoms. The van der Waals surface area contributed by atoms with E-state index in [1.807, 2.05) is 60.7 Å². The molecule has 0 saturated carbocycles. The molecule has 0 radical (unpaired) electrons. The van der Waals surface area contributed by atoms with Gasteiger partial charge in [0.25, 0.3) is 0 Å². The van der Waals surface area contributed by atoms with E-state index < -0.39 is 9.84 Å². The van der Waals surface area contributed by atoms with Crippen molar-refractivity contribution in [1.82, 2.24) is 0 Å². The summed E-state index contributed by atoms with van der Waals surface area (Å²) < 4.78 is 26.2. The highest BCUT2D eigenvalue weighted by Gasteiger charge is 2.24. The van der Waals surface area contributed by atoms with Crippen molar-refractivity contribution < 1.29 is 8.42 Å². The number of sulfone groups is 1. The van der Waals surface area contributed by atoms with E-state index in [-0.39, 0.29) is 11.7 Å². The molecule has 130 valence electrons. The fraction of sp³-hybridized carbons (Fsp3) is 0.200. The maximum Gasteiger partial charge on any atom is 0.188 e. The van der Waals surface area contributed by atoms with Crippen molar-refractivity contribution in [1.29, 1.82) is 0 Å². The van der Waals surface area contributed by atoms with Crippen LogP contribution in [0.5, 0.6) is 0 Å². The molecular formula is C20H19ClO2S2. The third-order valence-electron chi connectivity index (χ3n) is 4.09. The van der Waals surface area contributed by atoms with E-state index in [1.165, 1.54) is 11.3 Å². The van der Waals surface area contributed by atoms with Crippen molar-refractivity contribution in [2.24, 2.45) is 0 Å². The second kappa shape index (κ2) is 8.17. The van der Waals surface area contributed by atoms with Gasteiger partial charge in [0.15, 0.2) is 9.84 Å². The van der Waals surface area contributed by atoms with Gasteiger partial charge in [-0.1, -0.05) is 60.7 Å². The molecule has 1 aromatic heterocycles. The lowest BCUT2D eigenvalue weighted by Gasteiger charge is -2.17. The highest BCUT2D eigenvalue weighted by atomic mass is 35.5. The van der Waals surface area contributed by atoms with E-state index in [0.29, 0.717) is 16.5 Å². The minimum atomic E-state index is -3.36. The average Bonchev–Trinajstić information content (AvgIpc) is 3.13. The predicted molar refractivity (Wildman–Crippen MR) is 105 cm³/mol. The highest BCUT2D eigenvalue weighted by Crippen LogP contribution is 2.29. The number of rotatable bonds is 7. The summed E-state index contributed by atoms with van der Waals surface area (Å²) in [4.78, 5) is 0.875. The van der Waals surface area contributed by atoms with Crippen LogP contribution in [-0.2, 0) is 22.1 Å². The molecule has 0 N–H and O–H groups in total. The zero-order valence-corrected chi connectivity index (χ0v) is 16.0. The molecule has 0 aliphatic carbocycles. The van der Waals surface area contributed by atoms with Gasteiger partial charge in [0.05, 0.1) is 11.6 Å². The number of hydrogen-bond donors (Lipinski definition) is 0. The Morgan fingerprint density at radius 1 is 0.880 bits per heavy atom. The van der Waals surface area contributed by atoms with Crippen LogP contribution in [0.25, 0.3) is 0 Å². The normalized spacial score (nSPS) is 12.8. The molecule has 0 spiro atoms. The lowest BCUT2D eigenvalue weighted by molar-refractivity contribution is 0.588. The quantitative estimate of drug-likeness (QED) is 0.514. The van der Waals surface area contributed by atoms with Crippen LogP contribution in [0.4, 0.5) is 0 Å². The van der Waals surface area contributed by atoms with Crippen LogP contribution in [0.2, 0.25) is 0 Å². The van der Waals surface area contributed by atoms with Gasteiger partial charge in [0, 0.05) is 10.8 Å². The first-order valence-electron chi connectivity index (χ1n) is 8.05. The minimum Gasteiger partial charge on any atom is -0.223 e. The van der Waals surface area contributed by atoms with Gasteiger partial charge in [-0.3, -0.25) is 0 Å². The second-order valence-electron chi connectivity index (χ2n) is 5.93. The first-order chi connectivity index (χ1) is 12.1. The molecule has 0 amide bonds. The molecular weight excluding hydrogens is 372 g/mol. The van der Waals surface area contributed by atoms with Crippen molar-refractivity contribution in [3.63, 3.8) is 0 Å². The number of hydrogen-bond acceptors (Lipinski definition) is 3. The number of benzene rings is 2. The van der Waals surface area contributed by atoms with Crippen LogP contribution in [0.15, 0.2) is 77.0 Å². The second-order valence-corrected chi connectivity index (χ2v) is 9.63. The molecule has 3 aromatic rings. The average molecular weight is 391 g/mol. The van der Waals surface area contributed by atoms with Gasteiger partial charge in [0.2, 0.25) is 0 Å². The minimum absolute atomic E-state index is 0.0878. The van der Waals surface area contributed by atoms with Gasteiger partial charge in [-0.05, 0) is 29.7 Å². The molecule has 5 heteroatoms. The van der Waals surface area contributed by atoms with Gasteiger partial charge >= 0.3 is 0 Å². The summed E-state index contributed by atoms with van der Waals surface area (Å²) >= 11 is 7.08. The van der Waals surface area contributed by atoms with E-state index >= 15 is 0 Å². The van der Waals surface area contributed by atoms with Gasteiger partial charge < -0.3 is 0 Å². The van der Waals surface area contributed by atoms with Gasteiger partial charge in [0.1, 0.15) is 4.21 Å². The molecule has 3 rings (SSSR count). The number of thiophene rings is 1. The van der Waals surface area contributed by atoms with Crippen LogP contribution in [-0.4, -0.2) is 14.2 Å². The van der Waals surface area contributed by atoms with Crippen molar-refractivity contribution in [3.05, 3.63) is 88.8 Å². The van der Waals surface area contributed by atoms with Gasteiger partial charge in [-0.15, -0.1) is 22.9 Å². The Hall–Kier alpha value is -1.62. The summed E-state index contributed by atoms with van der Waals surface area (Å²) in [5.41, 5.74) is 2.18. The third kappa shape index (κ3) is 4.72. The Morgan fingerprint density at radius 3 is 2.12 bits per heavy atom. The summed E-state index contributed by atoms with van der Waals surface area (Å²) in [7, 11) is -3.36. The van der Waals surface area contributed by atoms with E-state index in [4.69, 9.17) is 11.6 Å². The molecule has 0 fully saturated rings. The number of halogens is 1. The highest BCUT2D eigenvalue weighted by molar-refractivity contribution is 7.93. The monoisotopic (exact) mass is 390 g/mol. The topological polar surface area (TPSA) is 34.1 Å². The third-order valence-corrected chi connectivity index (χ3v) is 8.02. The molecule has 0 aliphatic rings. The lowest BCUT2D eigenvalue weighted by atomic mass is 9.94. The number of alkyl halides is 1. The maximum absolute atomic E-state index is 12.9. The van der Waals surface area contributed by atoms with Crippen LogP contribution in [0.1, 0.15) is 21.9 Å². The molecule has 25 heavy (non-hydrogen) atoms. The Labute approximate surface area is 158 Å². The fourth-order valence-corrected chi connectivity index (χ4v) is 5.99. The van der Waals surface area contributed by atoms with Crippen LogP contribution < -0.4 is 0 Å². The Kier molecular flexibility index (Phi) is 5.94. The zero-order valence-electron chi connectivity index (χ0n) is 13.6. The Balaban J connectivity index is 1.89.